The van der Waals surface area contributed by atoms with Gasteiger partial charge in [-0.25, -0.2) is 0 Å². The van der Waals surface area contributed by atoms with Crippen molar-refractivity contribution in [1.82, 2.24) is 25.5 Å². The Morgan fingerprint density at radius 1 is 1.37 bits per heavy atom. The van der Waals surface area contributed by atoms with Crippen LogP contribution in [0.5, 0.6) is 5.75 Å². The monoisotopic (exact) mass is 261 g/mol. The number of ether oxygens (including phenoxy) is 1. The average Bonchev–Trinajstić information content (AvgIpc) is 2.86. The largest absolute Gasteiger partial charge is 0.496 e. The van der Waals surface area contributed by atoms with Crippen molar-refractivity contribution >= 4 is 0 Å². The number of hydrogen-bond acceptors (Lipinski definition) is 5. The standard InChI is InChI=1S/C13H19N5O/c1-4-10-5-6-12(19-3)11(7-10)9-18-16-13(8-14-2)15-17-18/h5-7,14H,4,8-9H2,1-3H3. The van der Waals surface area contributed by atoms with Gasteiger partial charge in [-0.1, -0.05) is 19.1 Å². The summed E-state index contributed by atoms with van der Waals surface area (Å²) in [7, 11) is 3.53. The molecule has 1 heterocycles. The maximum absolute atomic E-state index is 5.37. The summed E-state index contributed by atoms with van der Waals surface area (Å²) in [6.45, 7) is 3.31. The number of nitrogens with one attached hydrogen (secondary N) is 1. The van der Waals surface area contributed by atoms with E-state index in [1.54, 1.807) is 11.9 Å². The minimum atomic E-state index is 0.563. The zero-order chi connectivity index (χ0) is 13.7. The normalized spacial score (nSPS) is 10.7. The molecule has 6 nitrogen and oxygen atoms in total. The summed E-state index contributed by atoms with van der Waals surface area (Å²) in [5.74, 6) is 1.54. The van der Waals surface area contributed by atoms with Crippen molar-refractivity contribution in [1.29, 1.82) is 0 Å². The molecule has 6 heteroatoms. The number of nitrogens with zero attached hydrogens (tertiary/aromatic N) is 4. The predicted molar refractivity (Wildman–Crippen MR) is 72.1 cm³/mol. The Labute approximate surface area is 112 Å². The third-order valence-corrected chi connectivity index (χ3v) is 2.89. The van der Waals surface area contributed by atoms with Gasteiger partial charge in [-0.15, -0.1) is 10.2 Å². The van der Waals surface area contributed by atoms with E-state index < -0.39 is 0 Å². The van der Waals surface area contributed by atoms with E-state index in [1.807, 2.05) is 13.1 Å². The molecule has 0 aliphatic heterocycles. The lowest BCUT2D eigenvalue weighted by Gasteiger charge is -2.09. The van der Waals surface area contributed by atoms with Gasteiger partial charge in [0.25, 0.3) is 0 Å². The molecule has 0 radical (unpaired) electrons. The van der Waals surface area contributed by atoms with Crippen LogP contribution in [0.1, 0.15) is 23.9 Å². The zero-order valence-electron chi connectivity index (χ0n) is 11.6. The van der Waals surface area contributed by atoms with Gasteiger partial charge in [-0.3, -0.25) is 0 Å². The molecule has 0 spiro atoms. The second kappa shape index (κ2) is 6.29. The SMILES string of the molecule is CCc1ccc(OC)c(Cn2nnc(CNC)n2)c1. The maximum atomic E-state index is 5.37. The minimum absolute atomic E-state index is 0.563. The van der Waals surface area contributed by atoms with Gasteiger partial charge in [0.2, 0.25) is 0 Å². The first-order valence-electron chi connectivity index (χ1n) is 6.34. The molecule has 2 rings (SSSR count). The highest BCUT2D eigenvalue weighted by Gasteiger charge is 2.08. The molecule has 1 aromatic heterocycles. The van der Waals surface area contributed by atoms with Crippen molar-refractivity contribution in [2.75, 3.05) is 14.2 Å². The lowest BCUT2D eigenvalue weighted by atomic mass is 10.1. The molecular weight excluding hydrogens is 242 g/mol. The van der Waals surface area contributed by atoms with E-state index >= 15 is 0 Å². The summed E-state index contributed by atoms with van der Waals surface area (Å²) in [5, 5.41) is 15.3. The number of hydrogen-bond donors (Lipinski definition) is 1. The average molecular weight is 261 g/mol. The Morgan fingerprint density at radius 2 is 2.21 bits per heavy atom. The van der Waals surface area contributed by atoms with Crippen molar-refractivity contribution in [3.63, 3.8) is 0 Å². The molecule has 1 N–H and O–H groups in total. The lowest BCUT2D eigenvalue weighted by molar-refractivity contribution is 0.405. The number of aryl methyl sites for hydroxylation is 1. The van der Waals surface area contributed by atoms with Crippen molar-refractivity contribution in [3.05, 3.63) is 35.2 Å². The molecule has 102 valence electrons. The lowest BCUT2D eigenvalue weighted by Crippen LogP contribution is -2.09. The van der Waals surface area contributed by atoms with Gasteiger partial charge < -0.3 is 10.1 Å². The molecular formula is C13H19N5O. The highest BCUT2D eigenvalue weighted by molar-refractivity contribution is 5.37. The molecule has 0 bridgehead atoms. The molecule has 1 aromatic carbocycles. The van der Waals surface area contributed by atoms with E-state index in [4.69, 9.17) is 4.74 Å². The van der Waals surface area contributed by atoms with E-state index in [1.165, 1.54) is 5.56 Å². The van der Waals surface area contributed by atoms with E-state index in [0.717, 1.165) is 17.7 Å². The van der Waals surface area contributed by atoms with Gasteiger partial charge in [0.15, 0.2) is 5.82 Å². The molecule has 0 aliphatic carbocycles. The fourth-order valence-corrected chi connectivity index (χ4v) is 1.90. The van der Waals surface area contributed by atoms with Crippen LogP contribution in [0.15, 0.2) is 18.2 Å². The molecule has 2 aromatic rings. The van der Waals surface area contributed by atoms with Gasteiger partial charge >= 0.3 is 0 Å². The van der Waals surface area contributed by atoms with E-state index in [-0.39, 0.29) is 0 Å². The first kappa shape index (κ1) is 13.5. The van der Waals surface area contributed by atoms with Crippen LogP contribution >= 0.6 is 0 Å². The topological polar surface area (TPSA) is 64.9 Å². The van der Waals surface area contributed by atoms with Crippen LogP contribution in [0.2, 0.25) is 0 Å². The smallest absolute Gasteiger partial charge is 0.188 e. The van der Waals surface area contributed by atoms with Crippen LogP contribution in [0.4, 0.5) is 0 Å². The van der Waals surface area contributed by atoms with Crippen LogP contribution in [0, 0.1) is 0 Å². The first-order valence-corrected chi connectivity index (χ1v) is 6.34. The van der Waals surface area contributed by atoms with Gasteiger partial charge in [0.05, 0.1) is 20.2 Å². The maximum Gasteiger partial charge on any atom is 0.188 e. The number of benzene rings is 1. The highest BCUT2D eigenvalue weighted by atomic mass is 16.5. The summed E-state index contributed by atoms with van der Waals surface area (Å²) < 4.78 is 5.37. The van der Waals surface area contributed by atoms with Gasteiger partial charge in [0, 0.05) is 5.56 Å². The summed E-state index contributed by atoms with van der Waals surface area (Å²) in [5.41, 5.74) is 2.33. The summed E-state index contributed by atoms with van der Waals surface area (Å²) in [6, 6.07) is 6.18. The Balaban J connectivity index is 2.20. The Hall–Kier alpha value is -1.95. The second-order valence-corrected chi connectivity index (χ2v) is 4.27. The summed E-state index contributed by atoms with van der Waals surface area (Å²) >= 11 is 0. The number of rotatable bonds is 6. The molecule has 19 heavy (non-hydrogen) atoms. The highest BCUT2D eigenvalue weighted by Crippen LogP contribution is 2.20. The van der Waals surface area contributed by atoms with Crippen LogP contribution in [-0.2, 0) is 19.5 Å². The second-order valence-electron chi connectivity index (χ2n) is 4.27. The molecule has 0 aliphatic rings. The van der Waals surface area contributed by atoms with Gasteiger partial charge in [0.1, 0.15) is 5.75 Å². The molecule has 0 amide bonds. The molecule has 0 fully saturated rings. The summed E-state index contributed by atoms with van der Waals surface area (Å²) in [6.07, 6.45) is 0.993. The van der Waals surface area contributed by atoms with Crippen molar-refractivity contribution in [2.45, 2.75) is 26.4 Å². The minimum Gasteiger partial charge on any atom is -0.496 e. The van der Waals surface area contributed by atoms with Gasteiger partial charge in [-0.05, 0) is 30.3 Å². The number of aromatic nitrogens is 4. The molecule has 0 saturated carbocycles. The van der Waals surface area contributed by atoms with Crippen LogP contribution in [0.3, 0.4) is 0 Å². The fraction of sp³-hybridized carbons (Fsp3) is 0.462. The van der Waals surface area contributed by atoms with E-state index in [0.29, 0.717) is 18.9 Å². The molecule has 0 unspecified atom stereocenters. The Bertz CT molecular complexity index is 538. The fourth-order valence-electron chi connectivity index (χ4n) is 1.90. The number of tetrazole rings is 1. The Kier molecular flexibility index (Phi) is 4.46. The van der Waals surface area contributed by atoms with Crippen LogP contribution in [-0.4, -0.2) is 34.4 Å². The predicted octanol–water partition coefficient (Wildman–Crippen LogP) is 1.01. The van der Waals surface area contributed by atoms with E-state index in [2.05, 4.69) is 39.8 Å². The molecule has 0 saturated heterocycles. The van der Waals surface area contributed by atoms with Crippen molar-refractivity contribution < 1.29 is 4.74 Å². The van der Waals surface area contributed by atoms with E-state index in [9.17, 15) is 0 Å². The molecule has 0 atom stereocenters. The number of methoxy groups -OCH3 is 1. The quantitative estimate of drug-likeness (QED) is 0.840. The van der Waals surface area contributed by atoms with Gasteiger partial charge in [-0.2, -0.15) is 4.80 Å². The third-order valence-electron chi connectivity index (χ3n) is 2.89. The van der Waals surface area contributed by atoms with Crippen LogP contribution in [0.25, 0.3) is 0 Å². The van der Waals surface area contributed by atoms with Crippen molar-refractivity contribution in [3.8, 4) is 5.75 Å². The third kappa shape index (κ3) is 3.29. The van der Waals surface area contributed by atoms with Crippen LogP contribution < -0.4 is 10.1 Å². The Morgan fingerprint density at radius 3 is 2.89 bits per heavy atom. The summed E-state index contributed by atoms with van der Waals surface area (Å²) in [4.78, 5) is 1.59. The first-order chi connectivity index (χ1) is 9.26. The zero-order valence-corrected chi connectivity index (χ0v) is 11.6. The van der Waals surface area contributed by atoms with Crippen molar-refractivity contribution in [2.24, 2.45) is 0 Å².